The number of nitrogens with two attached hydrogens (primary N) is 1. The fourth-order valence-corrected chi connectivity index (χ4v) is 2.70. The number of carbonyl (C=O) groups is 1. The van der Waals surface area contributed by atoms with Gasteiger partial charge in [0.2, 0.25) is 0 Å². The summed E-state index contributed by atoms with van der Waals surface area (Å²) in [6, 6.07) is 0. The van der Waals surface area contributed by atoms with Gasteiger partial charge in [0.25, 0.3) is 5.91 Å². The number of hydrogen-bond acceptors (Lipinski definition) is 4. The van der Waals surface area contributed by atoms with Crippen LogP contribution in [0.5, 0.6) is 0 Å². The fourth-order valence-electron chi connectivity index (χ4n) is 2.70. The van der Waals surface area contributed by atoms with Gasteiger partial charge in [-0.05, 0) is 39.3 Å². The van der Waals surface area contributed by atoms with Gasteiger partial charge in [0.15, 0.2) is 0 Å². The lowest BCUT2D eigenvalue weighted by atomic mass is 9.98. The van der Waals surface area contributed by atoms with Gasteiger partial charge in [-0.15, -0.1) is 0 Å². The average Bonchev–Trinajstić information content (AvgIpc) is 2.61. The van der Waals surface area contributed by atoms with Crippen molar-refractivity contribution < 1.29 is 4.79 Å². The van der Waals surface area contributed by atoms with Gasteiger partial charge in [-0.25, -0.2) is 0 Å². The molecule has 1 amide bonds. The van der Waals surface area contributed by atoms with Gasteiger partial charge in [0, 0.05) is 20.1 Å². The van der Waals surface area contributed by atoms with E-state index in [2.05, 4.69) is 22.4 Å². The highest BCUT2D eigenvalue weighted by Crippen LogP contribution is 2.16. The number of nitrogens with one attached hydrogen (secondary N) is 1. The molecule has 1 aliphatic rings. The molecule has 1 aliphatic heterocycles. The van der Waals surface area contributed by atoms with Crippen molar-refractivity contribution in [2.24, 2.45) is 13.0 Å². The Balaban J connectivity index is 1.94. The number of piperidine rings is 1. The summed E-state index contributed by atoms with van der Waals surface area (Å²) in [7, 11) is 3.86. The first-order valence-corrected chi connectivity index (χ1v) is 6.75. The molecule has 0 bridgehead atoms. The van der Waals surface area contributed by atoms with E-state index in [0.717, 1.165) is 13.1 Å². The molecule has 1 fully saturated rings. The van der Waals surface area contributed by atoms with Gasteiger partial charge in [-0.1, -0.05) is 0 Å². The molecule has 2 heterocycles. The van der Waals surface area contributed by atoms with Crippen molar-refractivity contribution in [3.8, 4) is 0 Å². The number of nitrogen functional groups attached to an aromatic ring is 1. The molecule has 1 saturated heterocycles. The molecule has 0 aliphatic carbocycles. The standard InChI is InChI=1S/C13H23N5O/c1-9-11(14)12(18(3)16-9)13(19)15-7-10-5-4-6-17(2)8-10/h10H,4-8,14H2,1-3H3,(H,15,19). The first-order chi connectivity index (χ1) is 8.99. The summed E-state index contributed by atoms with van der Waals surface area (Å²) in [6.45, 7) is 4.70. The summed E-state index contributed by atoms with van der Waals surface area (Å²) in [4.78, 5) is 14.5. The third-order valence-corrected chi connectivity index (χ3v) is 3.76. The van der Waals surface area contributed by atoms with Crippen LogP contribution in [0.4, 0.5) is 5.69 Å². The molecule has 1 atom stereocenters. The molecule has 0 aromatic carbocycles. The molecule has 1 unspecified atom stereocenters. The van der Waals surface area contributed by atoms with Crippen LogP contribution in [0.15, 0.2) is 0 Å². The number of carbonyl (C=O) groups excluding carboxylic acids is 1. The van der Waals surface area contributed by atoms with Crippen LogP contribution in [0.1, 0.15) is 29.0 Å². The Bertz CT molecular complexity index is 468. The van der Waals surface area contributed by atoms with Gasteiger partial charge in [0.05, 0.1) is 11.4 Å². The summed E-state index contributed by atoms with van der Waals surface area (Å²) >= 11 is 0. The molecule has 1 aromatic rings. The Morgan fingerprint density at radius 1 is 1.53 bits per heavy atom. The second-order valence-corrected chi connectivity index (χ2v) is 5.45. The first kappa shape index (κ1) is 13.9. The van der Waals surface area contributed by atoms with E-state index in [-0.39, 0.29) is 5.91 Å². The van der Waals surface area contributed by atoms with E-state index >= 15 is 0 Å². The average molecular weight is 265 g/mol. The number of amides is 1. The zero-order valence-electron chi connectivity index (χ0n) is 11.9. The molecule has 0 spiro atoms. The quantitative estimate of drug-likeness (QED) is 0.828. The fraction of sp³-hybridized carbons (Fsp3) is 0.692. The zero-order chi connectivity index (χ0) is 14.0. The SMILES string of the molecule is Cc1nn(C)c(C(=O)NCC2CCCN(C)C2)c1N. The highest BCUT2D eigenvalue weighted by molar-refractivity contribution is 5.97. The number of rotatable bonds is 3. The molecule has 6 heteroatoms. The smallest absolute Gasteiger partial charge is 0.271 e. The second-order valence-electron chi connectivity index (χ2n) is 5.45. The third kappa shape index (κ3) is 3.07. The monoisotopic (exact) mass is 265 g/mol. The van der Waals surface area contributed by atoms with Crippen LogP contribution in [-0.4, -0.2) is 47.3 Å². The minimum Gasteiger partial charge on any atom is -0.395 e. The number of aryl methyl sites for hydroxylation is 2. The predicted molar refractivity (Wildman–Crippen MR) is 74.9 cm³/mol. The predicted octanol–water partition coefficient (Wildman–Crippen LogP) is 0.382. The summed E-state index contributed by atoms with van der Waals surface area (Å²) in [6.07, 6.45) is 2.37. The lowest BCUT2D eigenvalue weighted by molar-refractivity contribution is 0.0928. The van der Waals surface area contributed by atoms with E-state index in [0.29, 0.717) is 29.5 Å². The topological polar surface area (TPSA) is 76.2 Å². The Morgan fingerprint density at radius 3 is 2.84 bits per heavy atom. The van der Waals surface area contributed by atoms with E-state index in [9.17, 15) is 4.79 Å². The van der Waals surface area contributed by atoms with E-state index in [1.807, 2.05) is 6.92 Å². The molecular formula is C13H23N5O. The summed E-state index contributed by atoms with van der Waals surface area (Å²) < 4.78 is 1.55. The van der Waals surface area contributed by atoms with E-state index < -0.39 is 0 Å². The van der Waals surface area contributed by atoms with Crippen LogP contribution in [0.3, 0.4) is 0 Å². The normalized spacial score (nSPS) is 20.5. The molecule has 0 saturated carbocycles. The summed E-state index contributed by atoms with van der Waals surface area (Å²) in [5, 5.41) is 7.14. The largest absolute Gasteiger partial charge is 0.395 e. The minimum atomic E-state index is -0.131. The van der Waals surface area contributed by atoms with Crippen LogP contribution in [0.2, 0.25) is 0 Å². The molecule has 2 rings (SSSR count). The van der Waals surface area contributed by atoms with Gasteiger partial charge in [-0.3, -0.25) is 9.48 Å². The highest BCUT2D eigenvalue weighted by atomic mass is 16.2. The minimum absolute atomic E-state index is 0.131. The van der Waals surface area contributed by atoms with Crippen molar-refractivity contribution >= 4 is 11.6 Å². The van der Waals surface area contributed by atoms with E-state index in [1.54, 1.807) is 11.7 Å². The molecule has 3 N–H and O–H groups in total. The Hall–Kier alpha value is -1.56. The number of likely N-dealkylation sites (tertiary alicyclic amines) is 1. The van der Waals surface area contributed by atoms with Gasteiger partial charge in [0.1, 0.15) is 5.69 Å². The molecule has 0 radical (unpaired) electrons. The van der Waals surface area contributed by atoms with E-state index in [1.165, 1.54) is 12.8 Å². The third-order valence-electron chi connectivity index (χ3n) is 3.76. The van der Waals surface area contributed by atoms with Crippen molar-refractivity contribution in [2.45, 2.75) is 19.8 Å². The Kier molecular flexibility index (Phi) is 4.09. The van der Waals surface area contributed by atoms with Crippen LogP contribution in [-0.2, 0) is 7.05 Å². The van der Waals surface area contributed by atoms with Crippen molar-refractivity contribution in [1.29, 1.82) is 0 Å². The highest BCUT2D eigenvalue weighted by Gasteiger charge is 2.21. The Morgan fingerprint density at radius 2 is 2.26 bits per heavy atom. The van der Waals surface area contributed by atoms with E-state index in [4.69, 9.17) is 5.73 Å². The second kappa shape index (κ2) is 5.61. The van der Waals surface area contributed by atoms with Crippen molar-refractivity contribution in [1.82, 2.24) is 20.0 Å². The molecule has 1 aromatic heterocycles. The van der Waals surface area contributed by atoms with Crippen LogP contribution >= 0.6 is 0 Å². The maximum absolute atomic E-state index is 12.2. The van der Waals surface area contributed by atoms with Gasteiger partial charge < -0.3 is 16.0 Å². The van der Waals surface area contributed by atoms with Crippen molar-refractivity contribution in [3.05, 3.63) is 11.4 Å². The summed E-state index contributed by atoms with van der Waals surface area (Å²) in [5.74, 6) is 0.395. The lowest BCUT2D eigenvalue weighted by Crippen LogP contribution is -2.39. The number of nitrogens with zero attached hydrogens (tertiary/aromatic N) is 3. The van der Waals surface area contributed by atoms with Gasteiger partial charge >= 0.3 is 0 Å². The molecule has 106 valence electrons. The van der Waals surface area contributed by atoms with Crippen molar-refractivity contribution in [2.75, 3.05) is 32.4 Å². The molecule has 19 heavy (non-hydrogen) atoms. The Labute approximate surface area is 113 Å². The maximum atomic E-state index is 12.2. The number of hydrogen-bond donors (Lipinski definition) is 2. The molecular weight excluding hydrogens is 242 g/mol. The first-order valence-electron chi connectivity index (χ1n) is 6.75. The lowest BCUT2D eigenvalue weighted by Gasteiger charge is -2.29. The maximum Gasteiger partial charge on any atom is 0.271 e. The number of aromatic nitrogens is 2. The summed E-state index contributed by atoms with van der Waals surface area (Å²) in [5.41, 5.74) is 7.51. The number of anilines is 1. The zero-order valence-corrected chi connectivity index (χ0v) is 11.9. The van der Waals surface area contributed by atoms with Gasteiger partial charge in [-0.2, -0.15) is 5.10 Å². The van der Waals surface area contributed by atoms with Crippen LogP contribution < -0.4 is 11.1 Å². The van der Waals surface area contributed by atoms with Crippen molar-refractivity contribution in [3.63, 3.8) is 0 Å². The van der Waals surface area contributed by atoms with Crippen LogP contribution in [0.25, 0.3) is 0 Å². The molecule has 6 nitrogen and oxygen atoms in total. The van der Waals surface area contributed by atoms with Crippen LogP contribution in [0, 0.1) is 12.8 Å².